The van der Waals surface area contributed by atoms with E-state index in [1.165, 1.54) is 31.2 Å². The Morgan fingerprint density at radius 1 is 1.09 bits per heavy atom. The zero-order valence-electron chi connectivity index (χ0n) is 12.3. The Bertz CT molecular complexity index is 799. The molecule has 2 aromatic carbocycles. The highest BCUT2D eigenvalue weighted by Crippen LogP contribution is 2.23. The quantitative estimate of drug-likeness (QED) is 0.753. The van der Waals surface area contributed by atoms with E-state index < -0.39 is 10.0 Å². The molecule has 7 heteroatoms. The van der Waals surface area contributed by atoms with Crippen molar-refractivity contribution >= 4 is 33.0 Å². The molecule has 0 saturated carbocycles. The highest BCUT2D eigenvalue weighted by molar-refractivity contribution is 7.92. The second-order valence-corrected chi connectivity index (χ2v) is 6.58. The molecule has 0 aromatic heterocycles. The lowest BCUT2D eigenvalue weighted by Crippen LogP contribution is -2.14. The molecule has 0 aliphatic rings. The smallest absolute Gasteiger partial charge is 0.261 e. The van der Waals surface area contributed by atoms with Crippen molar-refractivity contribution in [2.45, 2.75) is 18.7 Å². The average Bonchev–Trinajstić information content (AvgIpc) is 2.42. The summed E-state index contributed by atoms with van der Waals surface area (Å²) in [7, 11) is -3.74. The fourth-order valence-corrected chi connectivity index (χ4v) is 2.99. The van der Waals surface area contributed by atoms with Gasteiger partial charge in [-0.3, -0.25) is 9.52 Å². The summed E-state index contributed by atoms with van der Waals surface area (Å²) in [5.74, 6) is -0.221. The van der Waals surface area contributed by atoms with E-state index >= 15 is 0 Å². The molecule has 0 bridgehead atoms. The molecule has 0 atom stereocenters. The molecule has 0 saturated heterocycles. The normalized spacial score (nSPS) is 11.0. The van der Waals surface area contributed by atoms with Crippen LogP contribution >= 0.6 is 0 Å². The summed E-state index contributed by atoms with van der Waals surface area (Å²) in [6.07, 6.45) is 0. The minimum absolute atomic E-state index is 0.0848. The van der Waals surface area contributed by atoms with Gasteiger partial charge in [-0.1, -0.05) is 6.07 Å². The lowest BCUT2D eigenvalue weighted by atomic mass is 10.2. The van der Waals surface area contributed by atoms with Gasteiger partial charge in [-0.2, -0.15) is 0 Å². The summed E-state index contributed by atoms with van der Waals surface area (Å²) < 4.78 is 27.1. The number of hydrogen-bond donors (Lipinski definition) is 3. The van der Waals surface area contributed by atoms with Gasteiger partial charge in [0.25, 0.3) is 10.0 Å². The van der Waals surface area contributed by atoms with Crippen molar-refractivity contribution in [1.82, 2.24) is 0 Å². The van der Waals surface area contributed by atoms with Crippen molar-refractivity contribution in [2.75, 3.05) is 15.8 Å². The Morgan fingerprint density at radius 3 is 2.27 bits per heavy atom. The number of carbonyl (C=O) groups is 1. The van der Waals surface area contributed by atoms with Gasteiger partial charge in [-0.05, 0) is 48.9 Å². The number of nitrogens with one attached hydrogen (secondary N) is 2. The standard InChI is InChI=1S/C15H17N3O3S/c1-10-3-8-15(14(16)9-10)18-22(20,21)13-6-4-12(5-7-13)17-11(2)19/h3-9,18H,16H2,1-2H3,(H,17,19). The predicted molar refractivity (Wildman–Crippen MR) is 87.1 cm³/mol. The third-order valence-corrected chi connectivity index (χ3v) is 4.32. The maximum Gasteiger partial charge on any atom is 0.261 e. The van der Waals surface area contributed by atoms with Crippen molar-refractivity contribution in [3.8, 4) is 0 Å². The molecule has 116 valence electrons. The lowest BCUT2D eigenvalue weighted by molar-refractivity contribution is -0.114. The number of benzene rings is 2. The number of anilines is 3. The Morgan fingerprint density at radius 2 is 1.73 bits per heavy atom. The van der Waals surface area contributed by atoms with E-state index in [1.54, 1.807) is 18.2 Å². The van der Waals surface area contributed by atoms with E-state index in [4.69, 9.17) is 5.73 Å². The van der Waals surface area contributed by atoms with Crippen LogP contribution in [-0.2, 0) is 14.8 Å². The van der Waals surface area contributed by atoms with E-state index in [1.807, 2.05) is 6.92 Å². The number of hydrogen-bond acceptors (Lipinski definition) is 4. The van der Waals surface area contributed by atoms with Crippen LogP contribution in [0.1, 0.15) is 12.5 Å². The monoisotopic (exact) mass is 319 g/mol. The first-order chi connectivity index (χ1) is 10.3. The minimum Gasteiger partial charge on any atom is -0.397 e. The number of aryl methyl sites for hydroxylation is 1. The molecule has 4 N–H and O–H groups in total. The molecule has 2 rings (SSSR count). The van der Waals surface area contributed by atoms with E-state index in [2.05, 4.69) is 10.0 Å². The molecular formula is C15H17N3O3S. The minimum atomic E-state index is -3.74. The third kappa shape index (κ3) is 3.76. The molecule has 22 heavy (non-hydrogen) atoms. The van der Waals surface area contributed by atoms with Crippen molar-refractivity contribution < 1.29 is 13.2 Å². The Balaban J connectivity index is 2.24. The molecule has 6 nitrogen and oxygen atoms in total. The molecule has 0 fully saturated rings. The number of sulfonamides is 1. The first-order valence-corrected chi connectivity index (χ1v) is 8.03. The van der Waals surface area contributed by atoms with Crippen LogP contribution in [-0.4, -0.2) is 14.3 Å². The van der Waals surface area contributed by atoms with Gasteiger partial charge in [-0.25, -0.2) is 8.42 Å². The van der Waals surface area contributed by atoms with Gasteiger partial charge in [0.2, 0.25) is 5.91 Å². The molecule has 0 unspecified atom stereocenters. The predicted octanol–water partition coefficient (Wildman–Crippen LogP) is 2.34. The van der Waals surface area contributed by atoms with Crippen molar-refractivity contribution in [3.63, 3.8) is 0 Å². The van der Waals surface area contributed by atoms with Gasteiger partial charge in [-0.15, -0.1) is 0 Å². The third-order valence-electron chi connectivity index (χ3n) is 2.94. The number of carbonyl (C=O) groups excluding carboxylic acids is 1. The first-order valence-electron chi connectivity index (χ1n) is 6.54. The van der Waals surface area contributed by atoms with Crippen LogP contribution in [0.3, 0.4) is 0 Å². The van der Waals surface area contributed by atoms with Crippen LogP contribution in [0.2, 0.25) is 0 Å². The molecular weight excluding hydrogens is 302 g/mol. The molecule has 2 aromatic rings. The fourth-order valence-electron chi connectivity index (χ4n) is 1.90. The Labute approximate surface area is 129 Å². The van der Waals surface area contributed by atoms with Gasteiger partial charge in [0.05, 0.1) is 16.3 Å². The fraction of sp³-hybridized carbons (Fsp3) is 0.133. The number of nitrogens with two attached hydrogens (primary N) is 1. The summed E-state index contributed by atoms with van der Waals surface area (Å²) in [6, 6.07) is 11.0. The van der Waals surface area contributed by atoms with Crippen LogP contribution in [0.5, 0.6) is 0 Å². The van der Waals surface area contributed by atoms with Crippen LogP contribution in [0.15, 0.2) is 47.4 Å². The second-order valence-electron chi connectivity index (χ2n) is 4.90. The zero-order chi connectivity index (χ0) is 16.3. The van der Waals surface area contributed by atoms with Crippen LogP contribution in [0.25, 0.3) is 0 Å². The average molecular weight is 319 g/mol. The number of amides is 1. The summed E-state index contributed by atoms with van der Waals surface area (Å²) >= 11 is 0. The van der Waals surface area contributed by atoms with Gasteiger partial charge in [0.15, 0.2) is 0 Å². The molecule has 0 spiro atoms. The van der Waals surface area contributed by atoms with E-state index in [0.717, 1.165) is 5.56 Å². The van der Waals surface area contributed by atoms with Crippen LogP contribution in [0, 0.1) is 6.92 Å². The second kappa shape index (κ2) is 6.07. The summed E-state index contributed by atoms with van der Waals surface area (Å²) in [5, 5.41) is 2.57. The first kappa shape index (κ1) is 15.8. The maximum absolute atomic E-state index is 12.3. The van der Waals surface area contributed by atoms with Gasteiger partial charge in [0, 0.05) is 12.6 Å². The highest BCUT2D eigenvalue weighted by Gasteiger charge is 2.15. The number of nitrogen functional groups attached to an aromatic ring is 1. The largest absolute Gasteiger partial charge is 0.397 e. The topological polar surface area (TPSA) is 101 Å². The Hall–Kier alpha value is -2.54. The van der Waals surface area contributed by atoms with E-state index in [-0.39, 0.29) is 10.8 Å². The molecule has 0 radical (unpaired) electrons. The maximum atomic E-state index is 12.3. The van der Waals surface area contributed by atoms with Crippen molar-refractivity contribution in [3.05, 3.63) is 48.0 Å². The summed E-state index contributed by atoms with van der Waals surface area (Å²) in [5.41, 5.74) is 7.97. The van der Waals surface area contributed by atoms with Crippen molar-refractivity contribution in [1.29, 1.82) is 0 Å². The highest BCUT2D eigenvalue weighted by atomic mass is 32.2. The van der Waals surface area contributed by atoms with E-state index in [9.17, 15) is 13.2 Å². The molecule has 1 amide bonds. The van der Waals surface area contributed by atoms with Crippen molar-refractivity contribution in [2.24, 2.45) is 0 Å². The summed E-state index contributed by atoms with van der Waals surface area (Å²) in [4.78, 5) is 11.0. The molecule has 0 aliphatic heterocycles. The summed E-state index contributed by atoms with van der Waals surface area (Å²) in [6.45, 7) is 3.25. The van der Waals surface area contributed by atoms with Crippen LogP contribution < -0.4 is 15.8 Å². The SMILES string of the molecule is CC(=O)Nc1ccc(S(=O)(=O)Nc2ccc(C)cc2N)cc1. The van der Waals surface area contributed by atoms with Gasteiger partial charge in [0.1, 0.15) is 0 Å². The van der Waals surface area contributed by atoms with Gasteiger partial charge < -0.3 is 11.1 Å². The van der Waals surface area contributed by atoms with Crippen LogP contribution in [0.4, 0.5) is 17.1 Å². The number of rotatable bonds is 4. The van der Waals surface area contributed by atoms with Gasteiger partial charge >= 0.3 is 0 Å². The molecule has 0 aliphatic carbocycles. The Kier molecular flexibility index (Phi) is 4.37. The van der Waals surface area contributed by atoms with E-state index in [0.29, 0.717) is 17.1 Å². The molecule has 0 heterocycles. The lowest BCUT2D eigenvalue weighted by Gasteiger charge is -2.11. The zero-order valence-corrected chi connectivity index (χ0v) is 13.1.